The lowest BCUT2D eigenvalue weighted by Gasteiger charge is -2.30. The fraction of sp³-hybridized carbons (Fsp3) is 0.750. The standard InChI is InChI=1S/C4H9NO3S/c6-3-5-9(7,8)4-1-2-4/h3-4,7-8H,1-2H2,(H,5,6). The second kappa shape index (κ2) is 2.17. The van der Waals surface area contributed by atoms with Gasteiger partial charge in [-0.2, -0.15) is 0 Å². The molecule has 0 saturated heterocycles. The molecule has 4 nitrogen and oxygen atoms in total. The van der Waals surface area contributed by atoms with Gasteiger partial charge in [0.1, 0.15) is 0 Å². The molecular weight excluding hydrogens is 142 g/mol. The largest absolute Gasteiger partial charge is 0.282 e. The smallest absolute Gasteiger partial charge is 0.225 e. The summed E-state index contributed by atoms with van der Waals surface area (Å²) >= 11 is 0. The lowest BCUT2D eigenvalue weighted by atomic mass is 11.0. The SMILES string of the molecule is O=CNS(O)(O)C1CC1. The zero-order valence-corrected chi connectivity index (χ0v) is 5.60. The van der Waals surface area contributed by atoms with Gasteiger partial charge in [0, 0.05) is 0 Å². The third-order valence-corrected chi connectivity index (χ3v) is 3.05. The van der Waals surface area contributed by atoms with Gasteiger partial charge in [-0.15, -0.1) is 10.8 Å². The van der Waals surface area contributed by atoms with E-state index in [1.54, 1.807) is 0 Å². The fourth-order valence-electron chi connectivity index (χ4n) is 0.564. The minimum absolute atomic E-state index is 0.0808. The van der Waals surface area contributed by atoms with E-state index in [-0.39, 0.29) is 5.25 Å². The first-order chi connectivity index (χ1) is 4.17. The number of nitrogens with one attached hydrogen (secondary N) is 1. The number of carbonyl (C=O) groups excluding carboxylic acids is 1. The van der Waals surface area contributed by atoms with Gasteiger partial charge in [0.05, 0.1) is 5.25 Å². The van der Waals surface area contributed by atoms with Crippen LogP contribution < -0.4 is 4.72 Å². The average Bonchev–Trinajstić information content (AvgIpc) is 2.41. The Morgan fingerprint density at radius 3 is 2.44 bits per heavy atom. The van der Waals surface area contributed by atoms with Crippen molar-refractivity contribution in [3.05, 3.63) is 0 Å². The summed E-state index contributed by atoms with van der Waals surface area (Å²) in [4.78, 5) is 9.74. The first kappa shape index (κ1) is 6.85. The molecular formula is C4H9NO3S. The number of rotatable bonds is 3. The van der Waals surface area contributed by atoms with Gasteiger partial charge in [-0.25, -0.2) is 0 Å². The molecule has 1 aliphatic carbocycles. The molecule has 1 fully saturated rings. The summed E-state index contributed by atoms with van der Waals surface area (Å²) in [5.41, 5.74) is 0. The molecule has 0 aliphatic heterocycles. The van der Waals surface area contributed by atoms with E-state index in [0.717, 1.165) is 12.8 Å². The maximum atomic E-state index is 9.74. The van der Waals surface area contributed by atoms with Crippen LogP contribution in [-0.4, -0.2) is 20.8 Å². The van der Waals surface area contributed by atoms with E-state index in [9.17, 15) is 4.79 Å². The molecule has 3 N–H and O–H groups in total. The Morgan fingerprint density at radius 2 is 2.11 bits per heavy atom. The molecule has 5 heteroatoms. The van der Waals surface area contributed by atoms with E-state index in [1.165, 1.54) is 0 Å². The Kier molecular flexibility index (Phi) is 1.65. The fourth-order valence-corrected chi connectivity index (χ4v) is 1.69. The van der Waals surface area contributed by atoms with Crippen LogP contribution in [-0.2, 0) is 4.79 Å². The van der Waals surface area contributed by atoms with Crippen molar-refractivity contribution in [1.29, 1.82) is 0 Å². The molecule has 0 aromatic rings. The minimum atomic E-state index is -2.76. The van der Waals surface area contributed by atoms with E-state index in [2.05, 4.69) is 0 Å². The molecule has 0 bridgehead atoms. The van der Waals surface area contributed by atoms with Crippen LogP contribution in [0, 0.1) is 0 Å². The summed E-state index contributed by atoms with van der Waals surface area (Å²) in [7, 11) is -2.76. The zero-order valence-electron chi connectivity index (χ0n) is 4.78. The monoisotopic (exact) mass is 151 g/mol. The van der Waals surface area contributed by atoms with Crippen LogP contribution in [0.5, 0.6) is 0 Å². The normalized spacial score (nSPS) is 21.1. The molecule has 1 aliphatic rings. The molecule has 1 saturated carbocycles. The van der Waals surface area contributed by atoms with Crippen LogP contribution in [0.3, 0.4) is 0 Å². The Morgan fingerprint density at radius 1 is 1.56 bits per heavy atom. The van der Waals surface area contributed by atoms with Crippen LogP contribution in [0.2, 0.25) is 0 Å². The lowest BCUT2D eigenvalue weighted by Crippen LogP contribution is -2.21. The van der Waals surface area contributed by atoms with E-state index in [0.29, 0.717) is 6.41 Å². The summed E-state index contributed by atoms with van der Waals surface area (Å²) < 4.78 is 19.9. The van der Waals surface area contributed by atoms with Crippen molar-refractivity contribution in [2.45, 2.75) is 18.1 Å². The van der Waals surface area contributed by atoms with E-state index in [4.69, 9.17) is 9.11 Å². The van der Waals surface area contributed by atoms with Crippen molar-refractivity contribution < 1.29 is 13.9 Å². The summed E-state index contributed by atoms with van der Waals surface area (Å²) in [6, 6.07) is 0. The summed E-state index contributed by atoms with van der Waals surface area (Å²) in [5.74, 6) is 0. The van der Waals surface area contributed by atoms with Crippen molar-refractivity contribution in [1.82, 2.24) is 4.72 Å². The molecule has 0 radical (unpaired) electrons. The van der Waals surface area contributed by atoms with Crippen molar-refractivity contribution in [3.63, 3.8) is 0 Å². The van der Waals surface area contributed by atoms with E-state index < -0.39 is 10.8 Å². The Labute approximate surface area is 54.7 Å². The lowest BCUT2D eigenvalue weighted by molar-refractivity contribution is -0.108. The van der Waals surface area contributed by atoms with Gasteiger partial charge in [-0.05, 0) is 12.8 Å². The van der Waals surface area contributed by atoms with Gasteiger partial charge in [0.2, 0.25) is 6.41 Å². The van der Waals surface area contributed by atoms with Crippen LogP contribution in [0.4, 0.5) is 0 Å². The van der Waals surface area contributed by atoms with Gasteiger partial charge in [0.25, 0.3) is 0 Å². The van der Waals surface area contributed by atoms with E-state index >= 15 is 0 Å². The summed E-state index contributed by atoms with van der Waals surface area (Å²) in [6.45, 7) is 0. The zero-order chi connectivity index (χ0) is 6.91. The van der Waals surface area contributed by atoms with Crippen molar-refractivity contribution in [3.8, 4) is 0 Å². The Bertz CT molecular complexity index is 123. The van der Waals surface area contributed by atoms with Gasteiger partial charge in [-0.1, -0.05) is 0 Å². The molecule has 1 amide bonds. The van der Waals surface area contributed by atoms with Crippen molar-refractivity contribution >= 4 is 17.2 Å². The number of hydrogen-bond acceptors (Lipinski definition) is 3. The van der Waals surface area contributed by atoms with Gasteiger partial charge in [-0.3, -0.25) is 18.6 Å². The molecule has 0 aromatic heterocycles. The molecule has 0 spiro atoms. The highest BCUT2D eigenvalue weighted by molar-refractivity contribution is 8.23. The first-order valence-electron chi connectivity index (χ1n) is 2.65. The molecule has 9 heavy (non-hydrogen) atoms. The van der Waals surface area contributed by atoms with E-state index in [1.807, 2.05) is 4.72 Å². The predicted octanol–water partition coefficient (Wildman–Crippen LogP) is 0.560. The average molecular weight is 151 g/mol. The molecule has 1 rings (SSSR count). The number of amides is 1. The Balaban J connectivity index is 2.38. The third kappa shape index (κ3) is 1.57. The van der Waals surface area contributed by atoms with Crippen LogP contribution in [0.15, 0.2) is 0 Å². The molecule has 54 valence electrons. The number of carbonyl (C=O) groups is 1. The van der Waals surface area contributed by atoms with Crippen molar-refractivity contribution in [2.24, 2.45) is 0 Å². The second-order valence-electron chi connectivity index (χ2n) is 2.03. The van der Waals surface area contributed by atoms with Crippen molar-refractivity contribution in [2.75, 3.05) is 0 Å². The highest BCUT2D eigenvalue weighted by Gasteiger charge is 2.35. The van der Waals surface area contributed by atoms with Crippen LogP contribution >= 0.6 is 10.8 Å². The molecule has 0 unspecified atom stereocenters. The van der Waals surface area contributed by atoms with Crippen LogP contribution in [0.1, 0.15) is 12.8 Å². The summed E-state index contributed by atoms with van der Waals surface area (Å²) in [6.07, 6.45) is 1.94. The summed E-state index contributed by atoms with van der Waals surface area (Å²) in [5, 5.41) is -0.0808. The quantitative estimate of drug-likeness (QED) is 0.516. The maximum absolute atomic E-state index is 9.74. The number of hydrogen-bond donors (Lipinski definition) is 3. The predicted molar refractivity (Wildman–Crippen MR) is 35.1 cm³/mol. The minimum Gasteiger partial charge on any atom is -0.282 e. The molecule has 0 aromatic carbocycles. The second-order valence-corrected chi connectivity index (χ2v) is 4.12. The van der Waals surface area contributed by atoms with Gasteiger partial charge < -0.3 is 0 Å². The van der Waals surface area contributed by atoms with Crippen LogP contribution in [0.25, 0.3) is 0 Å². The molecule has 0 heterocycles. The van der Waals surface area contributed by atoms with Gasteiger partial charge >= 0.3 is 0 Å². The van der Waals surface area contributed by atoms with Gasteiger partial charge in [0.15, 0.2) is 0 Å². The molecule has 0 atom stereocenters. The Hall–Kier alpha value is -0.260. The highest BCUT2D eigenvalue weighted by atomic mass is 32.3. The third-order valence-electron chi connectivity index (χ3n) is 1.21. The topological polar surface area (TPSA) is 69.6 Å². The maximum Gasteiger partial charge on any atom is 0.225 e. The first-order valence-corrected chi connectivity index (χ1v) is 4.26. The highest BCUT2D eigenvalue weighted by Crippen LogP contribution is 2.51.